The van der Waals surface area contributed by atoms with Gasteiger partial charge < -0.3 is 9.64 Å². The van der Waals surface area contributed by atoms with E-state index < -0.39 is 6.09 Å². The molecular weight excluding hydrogens is 278 g/mol. The molecule has 0 bridgehead atoms. The number of hydrogen-bond donors (Lipinski definition) is 0. The molecule has 0 spiro atoms. The minimum absolute atomic E-state index is 0.413. The molecule has 2 rings (SSSR count). The van der Waals surface area contributed by atoms with E-state index in [4.69, 9.17) is 4.74 Å². The number of pyridine rings is 1. The van der Waals surface area contributed by atoms with Crippen LogP contribution in [0.4, 0.5) is 4.79 Å². The lowest BCUT2D eigenvalue weighted by Gasteiger charge is -2.17. The van der Waals surface area contributed by atoms with Gasteiger partial charge in [-0.2, -0.15) is 0 Å². The Morgan fingerprint density at radius 2 is 2.09 bits per heavy atom. The van der Waals surface area contributed by atoms with Gasteiger partial charge in [-0.3, -0.25) is 9.88 Å². The van der Waals surface area contributed by atoms with Crippen LogP contribution in [0.2, 0.25) is 0 Å². The molecule has 0 saturated heterocycles. The molecule has 0 fully saturated rings. The summed E-state index contributed by atoms with van der Waals surface area (Å²) in [6.07, 6.45) is 3.16. The van der Waals surface area contributed by atoms with Crippen molar-refractivity contribution in [2.75, 3.05) is 27.7 Å². The monoisotopic (exact) mass is 299 g/mol. The first-order valence-corrected chi connectivity index (χ1v) is 7.08. The zero-order chi connectivity index (χ0) is 16.1. The van der Waals surface area contributed by atoms with E-state index >= 15 is 0 Å². The topological polar surface area (TPSA) is 45.7 Å². The minimum Gasteiger partial charge on any atom is -0.408 e. The standard InChI is InChI=1S/C17H21N3O2/c1-5-11-20(4)12-13-8-9-15(22-17(21)19(2)3)16-14(13)7-6-10-18-16/h5-10H,1,11-12H2,2-4H3. The van der Waals surface area contributed by atoms with Crippen molar-refractivity contribution in [3.63, 3.8) is 0 Å². The molecule has 1 amide bonds. The lowest BCUT2D eigenvalue weighted by Crippen LogP contribution is -2.25. The van der Waals surface area contributed by atoms with Gasteiger partial charge in [0.25, 0.3) is 0 Å². The molecule has 0 radical (unpaired) electrons. The maximum absolute atomic E-state index is 11.8. The number of benzene rings is 1. The molecule has 0 atom stereocenters. The minimum atomic E-state index is -0.413. The Bertz CT molecular complexity index is 683. The van der Waals surface area contributed by atoms with E-state index in [1.54, 1.807) is 26.4 Å². The predicted molar refractivity (Wildman–Crippen MR) is 88.0 cm³/mol. The maximum Gasteiger partial charge on any atom is 0.414 e. The van der Waals surface area contributed by atoms with Crippen molar-refractivity contribution >= 4 is 17.0 Å². The zero-order valence-corrected chi connectivity index (χ0v) is 13.2. The summed E-state index contributed by atoms with van der Waals surface area (Å²) in [6.45, 7) is 5.33. The fourth-order valence-corrected chi connectivity index (χ4v) is 2.19. The molecule has 0 N–H and O–H groups in total. The third kappa shape index (κ3) is 3.62. The van der Waals surface area contributed by atoms with E-state index in [0.29, 0.717) is 11.3 Å². The first-order chi connectivity index (χ1) is 10.5. The molecule has 0 aliphatic carbocycles. The Kier molecular flexibility index (Phi) is 5.12. The van der Waals surface area contributed by atoms with Crippen LogP contribution in [0.1, 0.15) is 5.56 Å². The Morgan fingerprint density at radius 3 is 2.77 bits per heavy atom. The van der Waals surface area contributed by atoms with E-state index in [2.05, 4.69) is 16.5 Å². The van der Waals surface area contributed by atoms with Gasteiger partial charge in [0.2, 0.25) is 0 Å². The molecule has 5 nitrogen and oxygen atoms in total. The highest BCUT2D eigenvalue weighted by Gasteiger charge is 2.13. The SMILES string of the molecule is C=CCN(C)Cc1ccc(OC(=O)N(C)C)c2ncccc12. The number of nitrogens with zero attached hydrogens (tertiary/aromatic N) is 3. The van der Waals surface area contributed by atoms with Crippen molar-refractivity contribution in [3.05, 3.63) is 48.7 Å². The first-order valence-electron chi connectivity index (χ1n) is 7.08. The number of amides is 1. The van der Waals surface area contributed by atoms with Gasteiger partial charge in [-0.1, -0.05) is 18.2 Å². The maximum atomic E-state index is 11.8. The largest absolute Gasteiger partial charge is 0.414 e. The smallest absolute Gasteiger partial charge is 0.408 e. The first kappa shape index (κ1) is 16.0. The van der Waals surface area contributed by atoms with Crippen LogP contribution in [0.3, 0.4) is 0 Å². The van der Waals surface area contributed by atoms with Gasteiger partial charge in [-0.05, 0) is 24.7 Å². The third-order valence-electron chi connectivity index (χ3n) is 3.27. The van der Waals surface area contributed by atoms with E-state index in [9.17, 15) is 4.79 Å². The van der Waals surface area contributed by atoms with E-state index in [0.717, 1.165) is 24.0 Å². The fraction of sp³-hybridized carbons (Fsp3) is 0.294. The van der Waals surface area contributed by atoms with Crippen molar-refractivity contribution in [1.29, 1.82) is 0 Å². The van der Waals surface area contributed by atoms with Gasteiger partial charge in [0.1, 0.15) is 5.52 Å². The third-order valence-corrected chi connectivity index (χ3v) is 3.27. The van der Waals surface area contributed by atoms with Crippen LogP contribution in [-0.2, 0) is 6.54 Å². The molecule has 0 aliphatic heterocycles. The van der Waals surface area contributed by atoms with Gasteiger partial charge in [0.15, 0.2) is 5.75 Å². The summed E-state index contributed by atoms with van der Waals surface area (Å²) in [7, 11) is 5.33. The lowest BCUT2D eigenvalue weighted by atomic mass is 10.1. The van der Waals surface area contributed by atoms with Crippen molar-refractivity contribution < 1.29 is 9.53 Å². The van der Waals surface area contributed by atoms with Crippen LogP contribution >= 0.6 is 0 Å². The Labute approximate surface area is 130 Å². The highest BCUT2D eigenvalue weighted by Crippen LogP contribution is 2.27. The molecule has 0 aliphatic rings. The van der Waals surface area contributed by atoms with Crippen LogP contribution in [0.5, 0.6) is 5.75 Å². The summed E-state index contributed by atoms with van der Waals surface area (Å²) in [4.78, 5) is 19.7. The quantitative estimate of drug-likeness (QED) is 0.796. The zero-order valence-electron chi connectivity index (χ0n) is 13.2. The molecule has 2 aromatic rings. The van der Waals surface area contributed by atoms with Crippen molar-refractivity contribution in [2.45, 2.75) is 6.54 Å². The summed E-state index contributed by atoms with van der Waals surface area (Å²) in [5.41, 5.74) is 1.83. The highest BCUT2D eigenvalue weighted by molar-refractivity contribution is 5.89. The molecule has 1 heterocycles. The molecule has 1 aromatic carbocycles. The number of hydrogen-bond acceptors (Lipinski definition) is 4. The van der Waals surface area contributed by atoms with Crippen LogP contribution in [0, 0.1) is 0 Å². The van der Waals surface area contributed by atoms with Gasteiger partial charge >= 0.3 is 6.09 Å². The molecule has 1 aromatic heterocycles. The van der Waals surface area contributed by atoms with Crippen LogP contribution in [0.15, 0.2) is 43.1 Å². The molecular formula is C17H21N3O2. The average molecular weight is 299 g/mol. The number of carbonyl (C=O) groups excluding carboxylic acids is 1. The Balaban J connectivity index is 2.38. The number of aromatic nitrogens is 1. The van der Waals surface area contributed by atoms with E-state index in [1.165, 1.54) is 4.90 Å². The van der Waals surface area contributed by atoms with Crippen LogP contribution < -0.4 is 4.74 Å². The van der Waals surface area contributed by atoms with Gasteiger partial charge in [-0.25, -0.2) is 4.79 Å². The van der Waals surface area contributed by atoms with Crippen LogP contribution in [-0.4, -0.2) is 48.6 Å². The summed E-state index contributed by atoms with van der Waals surface area (Å²) < 4.78 is 5.39. The second-order valence-electron chi connectivity index (χ2n) is 5.37. The fourth-order valence-electron chi connectivity index (χ4n) is 2.19. The summed E-state index contributed by atoms with van der Waals surface area (Å²) >= 11 is 0. The number of ether oxygens (including phenoxy) is 1. The molecule has 0 saturated carbocycles. The molecule has 116 valence electrons. The number of rotatable bonds is 5. The summed E-state index contributed by atoms with van der Waals surface area (Å²) in [5, 5.41) is 0.988. The normalized spacial score (nSPS) is 10.7. The number of carbonyl (C=O) groups is 1. The van der Waals surface area contributed by atoms with Gasteiger partial charge in [-0.15, -0.1) is 6.58 Å². The summed E-state index contributed by atoms with van der Waals surface area (Å²) in [5.74, 6) is 0.476. The molecule has 22 heavy (non-hydrogen) atoms. The Morgan fingerprint density at radius 1 is 1.32 bits per heavy atom. The van der Waals surface area contributed by atoms with E-state index in [-0.39, 0.29) is 0 Å². The lowest BCUT2D eigenvalue weighted by molar-refractivity contribution is 0.172. The van der Waals surface area contributed by atoms with Crippen LogP contribution in [0.25, 0.3) is 10.9 Å². The highest BCUT2D eigenvalue weighted by atomic mass is 16.6. The Hall–Kier alpha value is -2.40. The second kappa shape index (κ2) is 7.04. The second-order valence-corrected chi connectivity index (χ2v) is 5.37. The predicted octanol–water partition coefficient (Wildman–Crippen LogP) is 2.91. The number of likely N-dealkylation sites (N-methyl/N-ethyl adjacent to an activating group) is 1. The van der Waals surface area contributed by atoms with Gasteiger partial charge in [0.05, 0.1) is 0 Å². The van der Waals surface area contributed by atoms with Crippen molar-refractivity contribution in [1.82, 2.24) is 14.8 Å². The molecule has 5 heteroatoms. The van der Waals surface area contributed by atoms with Crippen molar-refractivity contribution in [3.8, 4) is 5.75 Å². The van der Waals surface area contributed by atoms with E-state index in [1.807, 2.05) is 31.3 Å². The number of fused-ring (bicyclic) bond motifs is 1. The van der Waals surface area contributed by atoms with Crippen molar-refractivity contribution in [2.24, 2.45) is 0 Å². The van der Waals surface area contributed by atoms with Gasteiger partial charge in [0, 0.05) is 38.8 Å². The summed E-state index contributed by atoms with van der Waals surface area (Å²) in [6, 6.07) is 7.65. The molecule has 0 unspecified atom stereocenters. The average Bonchev–Trinajstić information content (AvgIpc) is 2.49.